The summed E-state index contributed by atoms with van der Waals surface area (Å²) in [6.45, 7) is 0.471. The van der Waals surface area contributed by atoms with Crippen molar-refractivity contribution in [1.29, 1.82) is 0 Å². The number of imide groups is 1. The smallest absolute Gasteiger partial charge is 0.247 e. The number of benzene rings is 1. The lowest BCUT2D eigenvalue weighted by Gasteiger charge is -2.14. The third-order valence-corrected chi connectivity index (χ3v) is 3.87. The average Bonchev–Trinajstić information content (AvgIpc) is 2.63. The maximum Gasteiger partial charge on any atom is 0.247 e. The summed E-state index contributed by atoms with van der Waals surface area (Å²) < 4.78 is 12.8. The van der Waals surface area contributed by atoms with Crippen LogP contribution in [0.2, 0.25) is 0 Å². The summed E-state index contributed by atoms with van der Waals surface area (Å²) in [4.78, 5) is 25.0. The Labute approximate surface area is 108 Å². The molecule has 0 aromatic heterocycles. The topological polar surface area (TPSA) is 63.4 Å². The van der Waals surface area contributed by atoms with Crippen molar-refractivity contribution < 1.29 is 14.0 Å². The van der Waals surface area contributed by atoms with Crippen LogP contribution in [-0.2, 0) is 9.59 Å². The first-order valence-electron chi connectivity index (χ1n) is 5.57. The van der Waals surface area contributed by atoms with Gasteiger partial charge in [0.1, 0.15) is 5.82 Å². The molecule has 18 heavy (non-hydrogen) atoms. The van der Waals surface area contributed by atoms with Crippen molar-refractivity contribution >= 4 is 29.3 Å². The number of nitrogens with two attached hydrogens (primary N) is 1. The number of hydrogen-bond donors (Lipinski definition) is 1. The van der Waals surface area contributed by atoms with Gasteiger partial charge in [0, 0.05) is 18.7 Å². The van der Waals surface area contributed by atoms with Crippen LogP contribution in [0.3, 0.4) is 0 Å². The van der Waals surface area contributed by atoms with E-state index in [9.17, 15) is 14.0 Å². The molecule has 1 saturated heterocycles. The molecule has 2 N–H and O–H groups in total. The summed E-state index contributed by atoms with van der Waals surface area (Å²) in [6.07, 6.45) is 0.181. The Bertz CT molecular complexity index is 464. The summed E-state index contributed by atoms with van der Waals surface area (Å²) in [5, 5.41) is -0.369. The second kappa shape index (κ2) is 5.49. The molecule has 4 nitrogen and oxygen atoms in total. The lowest BCUT2D eigenvalue weighted by molar-refractivity contribution is -0.121. The summed E-state index contributed by atoms with van der Waals surface area (Å²) in [5.74, 6) is -0.251. The Hall–Kier alpha value is -1.40. The van der Waals surface area contributed by atoms with Crippen molar-refractivity contribution in [2.24, 2.45) is 5.73 Å². The predicted molar refractivity (Wildman–Crippen MR) is 68.8 cm³/mol. The van der Waals surface area contributed by atoms with Crippen LogP contribution in [0.25, 0.3) is 0 Å². The lowest BCUT2D eigenvalue weighted by Crippen LogP contribution is -2.31. The highest BCUT2D eigenvalue weighted by atomic mass is 32.2. The van der Waals surface area contributed by atoms with Gasteiger partial charge in [-0.1, -0.05) is 0 Å². The Kier molecular flexibility index (Phi) is 3.98. The molecule has 96 valence electrons. The molecule has 0 unspecified atom stereocenters. The number of hydrogen-bond acceptors (Lipinski definition) is 4. The number of nitrogens with zero attached hydrogens (tertiary/aromatic N) is 1. The van der Waals surface area contributed by atoms with Crippen molar-refractivity contribution in [3.8, 4) is 0 Å². The normalized spacial score (nSPS) is 19.7. The number of carbonyl (C=O) groups is 2. The Morgan fingerprint density at radius 2 is 2.00 bits per heavy atom. The fourth-order valence-electron chi connectivity index (χ4n) is 1.81. The average molecular weight is 268 g/mol. The standard InChI is InChI=1S/C12H13FN2O2S/c13-8-1-3-9(4-2-8)15-11(16)7-10(12(15)17)18-6-5-14/h1-4,10H,5-7,14H2/t10-/m1/s1. The molecule has 1 fully saturated rings. The summed E-state index contributed by atoms with van der Waals surface area (Å²) in [7, 11) is 0. The molecular formula is C12H13FN2O2S. The monoisotopic (exact) mass is 268 g/mol. The fourth-order valence-corrected chi connectivity index (χ4v) is 2.74. The highest BCUT2D eigenvalue weighted by Crippen LogP contribution is 2.29. The van der Waals surface area contributed by atoms with Gasteiger partial charge >= 0.3 is 0 Å². The van der Waals surface area contributed by atoms with Crippen LogP contribution in [0.4, 0.5) is 10.1 Å². The largest absolute Gasteiger partial charge is 0.330 e. The molecule has 0 spiro atoms. The van der Waals surface area contributed by atoms with Crippen molar-refractivity contribution in [2.75, 3.05) is 17.2 Å². The molecule has 1 aliphatic heterocycles. The number of thioether (sulfide) groups is 1. The number of carbonyl (C=O) groups excluding carboxylic acids is 2. The molecular weight excluding hydrogens is 255 g/mol. The van der Waals surface area contributed by atoms with Crippen LogP contribution in [-0.4, -0.2) is 29.4 Å². The van der Waals surface area contributed by atoms with Gasteiger partial charge in [-0.05, 0) is 24.3 Å². The van der Waals surface area contributed by atoms with Crippen molar-refractivity contribution in [2.45, 2.75) is 11.7 Å². The van der Waals surface area contributed by atoms with Gasteiger partial charge in [0.25, 0.3) is 0 Å². The molecule has 2 amide bonds. The van der Waals surface area contributed by atoms with E-state index in [1.54, 1.807) is 0 Å². The maximum atomic E-state index is 12.8. The minimum atomic E-state index is -0.396. The molecule has 0 saturated carbocycles. The van der Waals surface area contributed by atoms with Gasteiger partial charge in [-0.15, -0.1) is 11.8 Å². The molecule has 1 aromatic rings. The molecule has 1 heterocycles. The number of halogens is 1. The quantitative estimate of drug-likeness (QED) is 0.832. The van der Waals surface area contributed by atoms with Crippen molar-refractivity contribution in [1.82, 2.24) is 0 Å². The summed E-state index contributed by atoms with van der Waals surface area (Å²) in [6, 6.07) is 5.33. The third-order valence-electron chi connectivity index (χ3n) is 2.63. The third kappa shape index (κ3) is 2.54. The van der Waals surface area contributed by atoms with Crippen LogP contribution in [0, 0.1) is 5.82 Å². The van der Waals surface area contributed by atoms with Crippen LogP contribution >= 0.6 is 11.8 Å². The predicted octanol–water partition coefficient (Wildman–Crippen LogP) is 1.15. The molecule has 0 radical (unpaired) electrons. The second-order valence-electron chi connectivity index (χ2n) is 3.90. The van der Waals surface area contributed by atoms with Crippen LogP contribution in [0.5, 0.6) is 0 Å². The Morgan fingerprint density at radius 1 is 1.33 bits per heavy atom. The van der Waals surface area contributed by atoms with Crippen LogP contribution < -0.4 is 10.6 Å². The molecule has 1 aromatic carbocycles. The van der Waals surface area contributed by atoms with Gasteiger partial charge < -0.3 is 5.73 Å². The summed E-state index contributed by atoms with van der Waals surface area (Å²) >= 11 is 1.39. The first kappa shape index (κ1) is 13.0. The molecule has 0 aliphatic carbocycles. The van der Waals surface area contributed by atoms with Crippen LogP contribution in [0.1, 0.15) is 6.42 Å². The zero-order chi connectivity index (χ0) is 13.1. The Morgan fingerprint density at radius 3 is 2.61 bits per heavy atom. The Balaban J connectivity index is 2.16. The van der Waals surface area contributed by atoms with E-state index in [0.717, 1.165) is 4.90 Å². The highest BCUT2D eigenvalue weighted by molar-refractivity contribution is 8.00. The SMILES string of the molecule is NCCS[C@@H]1CC(=O)N(c2ccc(F)cc2)C1=O. The van der Waals surface area contributed by atoms with E-state index in [1.807, 2.05) is 0 Å². The lowest BCUT2D eigenvalue weighted by atomic mass is 10.3. The van der Waals surface area contributed by atoms with E-state index in [-0.39, 0.29) is 23.5 Å². The minimum absolute atomic E-state index is 0.181. The van der Waals surface area contributed by atoms with Gasteiger partial charge in [-0.3, -0.25) is 9.59 Å². The highest BCUT2D eigenvalue weighted by Gasteiger charge is 2.39. The molecule has 1 aliphatic rings. The van der Waals surface area contributed by atoms with E-state index in [2.05, 4.69) is 0 Å². The molecule has 0 bridgehead atoms. The van der Waals surface area contributed by atoms with Gasteiger partial charge in [0.2, 0.25) is 11.8 Å². The van der Waals surface area contributed by atoms with E-state index >= 15 is 0 Å². The molecule has 6 heteroatoms. The molecule has 1 atom stereocenters. The van der Waals surface area contributed by atoms with Crippen LogP contribution in [0.15, 0.2) is 24.3 Å². The van der Waals surface area contributed by atoms with Crippen molar-refractivity contribution in [3.05, 3.63) is 30.1 Å². The first-order chi connectivity index (χ1) is 8.63. The van der Waals surface area contributed by atoms with E-state index in [0.29, 0.717) is 18.0 Å². The van der Waals surface area contributed by atoms with Gasteiger partial charge in [0.15, 0.2) is 0 Å². The number of anilines is 1. The summed E-state index contributed by atoms with van der Waals surface area (Å²) in [5.41, 5.74) is 5.80. The fraction of sp³-hybridized carbons (Fsp3) is 0.333. The zero-order valence-electron chi connectivity index (χ0n) is 9.64. The van der Waals surface area contributed by atoms with Gasteiger partial charge in [0.05, 0.1) is 10.9 Å². The molecule has 2 rings (SSSR count). The number of rotatable bonds is 4. The van der Waals surface area contributed by atoms with Gasteiger partial charge in [-0.25, -0.2) is 9.29 Å². The first-order valence-corrected chi connectivity index (χ1v) is 6.62. The van der Waals surface area contributed by atoms with Gasteiger partial charge in [-0.2, -0.15) is 0 Å². The minimum Gasteiger partial charge on any atom is -0.330 e. The number of amides is 2. The second-order valence-corrected chi connectivity index (χ2v) is 5.21. The zero-order valence-corrected chi connectivity index (χ0v) is 10.5. The maximum absolute atomic E-state index is 12.8. The van der Waals surface area contributed by atoms with E-state index in [4.69, 9.17) is 5.73 Å². The van der Waals surface area contributed by atoms with E-state index < -0.39 is 5.82 Å². The van der Waals surface area contributed by atoms with Crippen molar-refractivity contribution in [3.63, 3.8) is 0 Å². The van der Waals surface area contributed by atoms with E-state index in [1.165, 1.54) is 36.0 Å².